The molecule has 5 heteroatoms. The number of aromatic nitrogens is 1. The Kier molecular flexibility index (Phi) is 4.48. The van der Waals surface area contributed by atoms with Gasteiger partial charge in [0.15, 0.2) is 0 Å². The van der Waals surface area contributed by atoms with Crippen molar-refractivity contribution in [3.63, 3.8) is 0 Å². The molecular formula is C18H22N2O3. The van der Waals surface area contributed by atoms with Gasteiger partial charge in [-0.15, -0.1) is 0 Å². The summed E-state index contributed by atoms with van der Waals surface area (Å²) in [5, 5.41) is 0.829. The minimum atomic E-state index is -0.305. The molecule has 2 aromatic rings. The highest BCUT2D eigenvalue weighted by Gasteiger charge is 2.23. The van der Waals surface area contributed by atoms with E-state index >= 15 is 0 Å². The average Bonchev–Trinajstić information content (AvgIpc) is 2.53. The Morgan fingerprint density at radius 1 is 1.30 bits per heavy atom. The van der Waals surface area contributed by atoms with E-state index in [1.165, 1.54) is 0 Å². The van der Waals surface area contributed by atoms with Crippen LogP contribution in [0.1, 0.15) is 31.1 Å². The van der Waals surface area contributed by atoms with Crippen molar-refractivity contribution in [1.82, 2.24) is 4.98 Å². The van der Waals surface area contributed by atoms with E-state index in [4.69, 9.17) is 9.47 Å². The first kappa shape index (κ1) is 15.7. The van der Waals surface area contributed by atoms with Crippen molar-refractivity contribution in [1.29, 1.82) is 0 Å². The molecule has 0 unspecified atom stereocenters. The minimum absolute atomic E-state index is 0.188. The predicted molar refractivity (Wildman–Crippen MR) is 89.9 cm³/mol. The van der Waals surface area contributed by atoms with Crippen molar-refractivity contribution in [3.8, 4) is 0 Å². The van der Waals surface area contributed by atoms with E-state index in [0.29, 0.717) is 12.2 Å². The first-order valence-corrected chi connectivity index (χ1v) is 8.04. The van der Waals surface area contributed by atoms with Crippen molar-refractivity contribution in [2.45, 2.75) is 33.0 Å². The van der Waals surface area contributed by atoms with Crippen molar-refractivity contribution >= 4 is 22.6 Å². The lowest BCUT2D eigenvalue weighted by Gasteiger charge is -2.37. The standard InChI is InChI=1S/C18H22N2O3/c1-4-22-18(21)15-7-8-19-17-6-5-14(9-16(15)17)20-10-12(2)23-13(3)11-20/h5-9,12-13H,4,10-11H2,1-3H3/t12-,13-/m1/s1. The van der Waals surface area contributed by atoms with E-state index in [-0.39, 0.29) is 18.2 Å². The number of rotatable bonds is 3. The topological polar surface area (TPSA) is 51.7 Å². The van der Waals surface area contributed by atoms with Gasteiger partial charge in [-0.05, 0) is 45.0 Å². The van der Waals surface area contributed by atoms with Gasteiger partial charge in [0.25, 0.3) is 0 Å². The third-order valence-electron chi connectivity index (χ3n) is 4.01. The van der Waals surface area contributed by atoms with Gasteiger partial charge in [0, 0.05) is 30.4 Å². The summed E-state index contributed by atoms with van der Waals surface area (Å²) in [5.41, 5.74) is 2.44. The lowest BCUT2D eigenvalue weighted by molar-refractivity contribution is -0.00521. The molecule has 1 aromatic carbocycles. The fraction of sp³-hybridized carbons (Fsp3) is 0.444. The Bertz CT molecular complexity index is 706. The number of pyridine rings is 1. The summed E-state index contributed by atoms with van der Waals surface area (Å²) in [7, 11) is 0. The van der Waals surface area contributed by atoms with Gasteiger partial charge in [-0.2, -0.15) is 0 Å². The molecule has 0 spiro atoms. The Labute approximate surface area is 136 Å². The van der Waals surface area contributed by atoms with Crippen LogP contribution in [0.25, 0.3) is 10.9 Å². The Hall–Kier alpha value is -2.14. The maximum absolute atomic E-state index is 12.2. The van der Waals surface area contributed by atoms with Crippen LogP contribution in [-0.4, -0.2) is 42.9 Å². The first-order valence-electron chi connectivity index (χ1n) is 8.04. The summed E-state index contributed by atoms with van der Waals surface area (Å²) >= 11 is 0. The number of anilines is 1. The summed E-state index contributed by atoms with van der Waals surface area (Å²) in [5.74, 6) is -0.305. The van der Waals surface area contributed by atoms with E-state index in [1.54, 1.807) is 12.3 Å². The molecule has 0 N–H and O–H groups in total. The summed E-state index contributed by atoms with van der Waals surface area (Å²) < 4.78 is 10.9. The zero-order valence-electron chi connectivity index (χ0n) is 13.8. The molecule has 1 aliphatic rings. The largest absolute Gasteiger partial charge is 0.462 e. The monoisotopic (exact) mass is 314 g/mol. The predicted octanol–water partition coefficient (Wildman–Crippen LogP) is 3.03. The Morgan fingerprint density at radius 2 is 2.04 bits per heavy atom. The zero-order chi connectivity index (χ0) is 16.4. The van der Waals surface area contributed by atoms with Gasteiger partial charge in [-0.25, -0.2) is 4.79 Å². The summed E-state index contributed by atoms with van der Waals surface area (Å²) in [6, 6.07) is 7.75. The molecule has 0 amide bonds. The number of nitrogens with zero attached hydrogens (tertiary/aromatic N) is 2. The number of benzene rings is 1. The normalized spacial score (nSPS) is 21.4. The SMILES string of the molecule is CCOC(=O)c1ccnc2ccc(N3C[C@@H](C)O[C@H](C)C3)cc12. The first-order chi connectivity index (χ1) is 11.1. The fourth-order valence-corrected chi connectivity index (χ4v) is 3.11. The van der Waals surface area contributed by atoms with E-state index in [0.717, 1.165) is 29.7 Å². The van der Waals surface area contributed by atoms with Crippen LogP contribution in [0.15, 0.2) is 30.5 Å². The minimum Gasteiger partial charge on any atom is -0.462 e. The molecule has 0 radical (unpaired) electrons. The third-order valence-corrected chi connectivity index (χ3v) is 4.01. The second kappa shape index (κ2) is 6.54. The Morgan fingerprint density at radius 3 is 2.74 bits per heavy atom. The molecule has 1 fully saturated rings. The number of morpholine rings is 1. The van der Waals surface area contributed by atoms with Gasteiger partial charge in [0.1, 0.15) is 0 Å². The smallest absolute Gasteiger partial charge is 0.338 e. The van der Waals surface area contributed by atoms with Crippen LogP contribution >= 0.6 is 0 Å². The molecule has 3 rings (SSSR count). The molecule has 122 valence electrons. The second-order valence-corrected chi connectivity index (χ2v) is 5.94. The maximum Gasteiger partial charge on any atom is 0.338 e. The van der Waals surface area contributed by atoms with Crippen LogP contribution in [0.3, 0.4) is 0 Å². The van der Waals surface area contributed by atoms with E-state index < -0.39 is 0 Å². The number of fused-ring (bicyclic) bond motifs is 1. The molecule has 2 atom stereocenters. The molecule has 0 saturated carbocycles. The van der Waals surface area contributed by atoms with Crippen LogP contribution < -0.4 is 4.90 Å². The molecule has 1 saturated heterocycles. The van der Waals surface area contributed by atoms with Crippen LogP contribution in [0, 0.1) is 0 Å². The Balaban J connectivity index is 2.00. The molecule has 0 aliphatic carbocycles. The van der Waals surface area contributed by atoms with Crippen LogP contribution in [0.4, 0.5) is 5.69 Å². The quantitative estimate of drug-likeness (QED) is 0.815. The van der Waals surface area contributed by atoms with Gasteiger partial charge in [0.2, 0.25) is 0 Å². The van der Waals surface area contributed by atoms with E-state index in [1.807, 2.05) is 19.1 Å². The van der Waals surface area contributed by atoms with Gasteiger partial charge in [-0.1, -0.05) is 0 Å². The van der Waals surface area contributed by atoms with Crippen molar-refractivity contribution < 1.29 is 14.3 Å². The third kappa shape index (κ3) is 3.29. The van der Waals surface area contributed by atoms with E-state index in [2.05, 4.69) is 29.8 Å². The number of carbonyl (C=O) groups excluding carboxylic acids is 1. The van der Waals surface area contributed by atoms with Crippen molar-refractivity contribution in [3.05, 3.63) is 36.0 Å². The van der Waals surface area contributed by atoms with Gasteiger partial charge >= 0.3 is 5.97 Å². The fourth-order valence-electron chi connectivity index (χ4n) is 3.11. The van der Waals surface area contributed by atoms with Crippen LogP contribution in [0.2, 0.25) is 0 Å². The molecule has 0 bridgehead atoms. The zero-order valence-corrected chi connectivity index (χ0v) is 13.8. The second-order valence-electron chi connectivity index (χ2n) is 5.94. The van der Waals surface area contributed by atoms with E-state index in [9.17, 15) is 4.79 Å². The highest BCUT2D eigenvalue weighted by Crippen LogP contribution is 2.26. The number of carbonyl (C=O) groups is 1. The maximum atomic E-state index is 12.2. The lowest BCUT2D eigenvalue weighted by atomic mass is 10.1. The van der Waals surface area contributed by atoms with Crippen molar-refractivity contribution in [2.24, 2.45) is 0 Å². The van der Waals surface area contributed by atoms with Crippen molar-refractivity contribution in [2.75, 3.05) is 24.6 Å². The van der Waals surface area contributed by atoms with Crippen LogP contribution in [0.5, 0.6) is 0 Å². The average molecular weight is 314 g/mol. The number of hydrogen-bond donors (Lipinski definition) is 0. The molecule has 23 heavy (non-hydrogen) atoms. The number of esters is 1. The molecular weight excluding hydrogens is 292 g/mol. The molecule has 5 nitrogen and oxygen atoms in total. The summed E-state index contributed by atoms with van der Waals surface area (Å²) in [4.78, 5) is 18.8. The number of hydrogen-bond acceptors (Lipinski definition) is 5. The van der Waals surface area contributed by atoms with Gasteiger partial charge in [0.05, 0.1) is 29.9 Å². The number of ether oxygens (including phenoxy) is 2. The summed E-state index contributed by atoms with van der Waals surface area (Å²) in [6.07, 6.45) is 2.02. The van der Waals surface area contributed by atoms with Gasteiger partial charge in [-0.3, -0.25) is 4.98 Å². The van der Waals surface area contributed by atoms with Gasteiger partial charge < -0.3 is 14.4 Å². The molecule has 1 aromatic heterocycles. The lowest BCUT2D eigenvalue weighted by Crippen LogP contribution is -2.45. The highest BCUT2D eigenvalue weighted by molar-refractivity contribution is 6.04. The summed E-state index contributed by atoms with van der Waals surface area (Å²) in [6.45, 7) is 8.00. The molecule has 1 aliphatic heterocycles. The highest BCUT2D eigenvalue weighted by atomic mass is 16.5. The molecule has 2 heterocycles. The van der Waals surface area contributed by atoms with Crippen LogP contribution in [-0.2, 0) is 9.47 Å².